The molecule has 0 bridgehead atoms. The molecule has 2 rings (SSSR count). The van der Waals surface area contributed by atoms with E-state index >= 15 is 0 Å². The number of halogens is 3. The summed E-state index contributed by atoms with van der Waals surface area (Å²) in [4.78, 5) is 37.4. The van der Waals surface area contributed by atoms with Gasteiger partial charge in [-0.25, -0.2) is 4.79 Å². The van der Waals surface area contributed by atoms with Crippen molar-refractivity contribution in [3.63, 3.8) is 0 Å². The minimum Gasteiger partial charge on any atom is -0.451 e. The van der Waals surface area contributed by atoms with Gasteiger partial charge in [-0.15, -0.1) is 0 Å². The summed E-state index contributed by atoms with van der Waals surface area (Å²) in [6.07, 6.45) is -6.05. The van der Waals surface area contributed by atoms with E-state index in [-0.39, 0.29) is 5.92 Å². The molecule has 172 valence electrons. The van der Waals surface area contributed by atoms with Gasteiger partial charge in [0.15, 0.2) is 6.10 Å². The van der Waals surface area contributed by atoms with E-state index in [0.717, 1.165) is 17.7 Å². The molecule has 0 aliphatic rings. The van der Waals surface area contributed by atoms with Crippen LogP contribution in [0.5, 0.6) is 0 Å². The van der Waals surface area contributed by atoms with Crippen LogP contribution in [0.1, 0.15) is 42.3 Å². The predicted octanol–water partition coefficient (Wildman–Crippen LogP) is 4.34. The molecule has 0 aliphatic carbocycles. The number of ether oxygens (including phenoxy) is 1. The Bertz CT molecular complexity index is 972. The smallest absolute Gasteiger partial charge is 0.418 e. The van der Waals surface area contributed by atoms with Crippen molar-refractivity contribution < 1.29 is 32.3 Å². The lowest BCUT2D eigenvalue weighted by Crippen LogP contribution is -2.47. The van der Waals surface area contributed by atoms with Gasteiger partial charge in [-0.05, 0) is 44.0 Å². The topological polar surface area (TPSA) is 84.5 Å². The molecule has 9 heteroatoms. The van der Waals surface area contributed by atoms with Crippen molar-refractivity contribution >= 4 is 23.5 Å². The van der Waals surface area contributed by atoms with Crippen molar-refractivity contribution in [1.29, 1.82) is 0 Å². The highest BCUT2D eigenvalue weighted by Gasteiger charge is 2.34. The second-order valence-electron chi connectivity index (χ2n) is 7.67. The third-order valence-electron chi connectivity index (χ3n) is 4.67. The second-order valence-corrected chi connectivity index (χ2v) is 7.67. The molecule has 6 nitrogen and oxygen atoms in total. The van der Waals surface area contributed by atoms with E-state index in [1.807, 2.05) is 6.92 Å². The zero-order valence-electron chi connectivity index (χ0n) is 18.1. The van der Waals surface area contributed by atoms with E-state index < -0.39 is 47.4 Å². The number of benzene rings is 2. The van der Waals surface area contributed by atoms with Gasteiger partial charge in [0.25, 0.3) is 11.8 Å². The normalized spacial score (nSPS) is 13.2. The van der Waals surface area contributed by atoms with Crippen LogP contribution in [0.4, 0.5) is 18.9 Å². The van der Waals surface area contributed by atoms with E-state index in [9.17, 15) is 27.6 Å². The highest BCUT2D eigenvalue weighted by Crippen LogP contribution is 2.34. The Morgan fingerprint density at radius 2 is 1.53 bits per heavy atom. The van der Waals surface area contributed by atoms with Gasteiger partial charge in [0.1, 0.15) is 6.04 Å². The zero-order chi connectivity index (χ0) is 24.1. The molecule has 1 unspecified atom stereocenters. The molecule has 0 aromatic heterocycles. The lowest BCUT2D eigenvalue weighted by Gasteiger charge is -2.23. The summed E-state index contributed by atoms with van der Waals surface area (Å²) in [5.74, 6) is -2.65. The fourth-order valence-corrected chi connectivity index (χ4v) is 2.80. The van der Waals surface area contributed by atoms with E-state index in [1.54, 1.807) is 38.1 Å². The third kappa shape index (κ3) is 6.57. The molecule has 0 aliphatic heterocycles. The number of rotatable bonds is 7. The number of nitrogens with one attached hydrogen (secondary N) is 2. The summed E-state index contributed by atoms with van der Waals surface area (Å²) in [7, 11) is 0. The number of carbonyl (C=O) groups is 3. The van der Waals surface area contributed by atoms with E-state index in [1.165, 1.54) is 19.1 Å². The van der Waals surface area contributed by atoms with E-state index in [0.29, 0.717) is 5.56 Å². The molecule has 32 heavy (non-hydrogen) atoms. The second kappa shape index (κ2) is 10.3. The number of hydrogen-bond acceptors (Lipinski definition) is 4. The Labute approximate surface area is 184 Å². The van der Waals surface area contributed by atoms with E-state index in [4.69, 9.17) is 4.74 Å². The maximum absolute atomic E-state index is 13.1. The monoisotopic (exact) mass is 450 g/mol. The largest absolute Gasteiger partial charge is 0.451 e. The number of para-hydroxylation sites is 1. The van der Waals surface area contributed by atoms with Gasteiger partial charge in [-0.1, -0.05) is 43.7 Å². The van der Waals surface area contributed by atoms with Gasteiger partial charge in [0, 0.05) is 5.56 Å². The van der Waals surface area contributed by atoms with Gasteiger partial charge < -0.3 is 15.4 Å². The minimum absolute atomic E-state index is 0.351. The van der Waals surface area contributed by atoms with Crippen LogP contribution in [0.15, 0.2) is 48.5 Å². The fraction of sp³-hybridized carbons (Fsp3) is 0.348. The van der Waals surface area contributed by atoms with E-state index in [2.05, 4.69) is 10.6 Å². The molecule has 0 saturated carbocycles. The van der Waals surface area contributed by atoms with Crippen molar-refractivity contribution in [2.45, 2.75) is 46.0 Å². The van der Waals surface area contributed by atoms with Crippen LogP contribution in [0, 0.1) is 12.8 Å². The molecule has 0 radical (unpaired) electrons. The molecule has 0 heterocycles. The SMILES string of the molecule is Cc1ccc(C(=O)N[C@H](C(=O)OC(C)C(=O)Nc2ccccc2C(F)(F)F)C(C)C)cc1. The average molecular weight is 450 g/mol. The maximum Gasteiger partial charge on any atom is 0.418 e. The summed E-state index contributed by atoms with van der Waals surface area (Å²) >= 11 is 0. The number of esters is 1. The van der Waals surface area contributed by atoms with Crippen LogP contribution < -0.4 is 10.6 Å². The molecule has 2 aromatic carbocycles. The highest BCUT2D eigenvalue weighted by atomic mass is 19.4. The highest BCUT2D eigenvalue weighted by molar-refractivity contribution is 5.98. The van der Waals surface area contributed by atoms with Crippen LogP contribution in [0.25, 0.3) is 0 Å². The molecule has 2 amide bonds. The Kier molecular flexibility index (Phi) is 8.02. The van der Waals surface area contributed by atoms with Crippen molar-refractivity contribution in [3.8, 4) is 0 Å². The molecule has 0 spiro atoms. The van der Waals surface area contributed by atoms with Crippen LogP contribution in [-0.4, -0.2) is 29.9 Å². The summed E-state index contributed by atoms with van der Waals surface area (Å²) in [6, 6.07) is 10.2. The average Bonchev–Trinajstić information content (AvgIpc) is 2.71. The molecule has 2 N–H and O–H groups in total. The summed E-state index contributed by atoms with van der Waals surface area (Å²) in [6.45, 7) is 6.48. The van der Waals surface area contributed by atoms with Crippen molar-refractivity contribution in [1.82, 2.24) is 5.32 Å². The summed E-state index contributed by atoms with van der Waals surface area (Å²) in [5.41, 5.74) is -0.143. The lowest BCUT2D eigenvalue weighted by molar-refractivity contribution is -0.156. The fourth-order valence-electron chi connectivity index (χ4n) is 2.80. The number of aryl methyl sites for hydroxylation is 1. The number of hydrogen-bond donors (Lipinski definition) is 2. The van der Waals surface area contributed by atoms with Gasteiger partial charge >= 0.3 is 12.1 Å². The first-order chi connectivity index (χ1) is 14.9. The van der Waals surface area contributed by atoms with Crippen LogP contribution in [0.2, 0.25) is 0 Å². The lowest BCUT2D eigenvalue weighted by atomic mass is 10.0. The number of amides is 2. The third-order valence-corrected chi connectivity index (χ3v) is 4.67. The Balaban J connectivity index is 2.06. The van der Waals surface area contributed by atoms with Gasteiger partial charge in [0.2, 0.25) is 0 Å². The van der Waals surface area contributed by atoms with Crippen molar-refractivity contribution in [3.05, 3.63) is 65.2 Å². The Hall–Kier alpha value is -3.36. The first kappa shape index (κ1) is 24.9. The molecule has 0 saturated heterocycles. The van der Waals surface area contributed by atoms with Gasteiger partial charge in [0.05, 0.1) is 11.3 Å². The first-order valence-corrected chi connectivity index (χ1v) is 9.95. The molecular weight excluding hydrogens is 425 g/mol. The van der Waals surface area contributed by atoms with Crippen LogP contribution >= 0.6 is 0 Å². The van der Waals surface area contributed by atoms with Gasteiger partial charge in [-0.3, -0.25) is 9.59 Å². The molecule has 2 aromatic rings. The number of alkyl halides is 3. The summed E-state index contributed by atoms with van der Waals surface area (Å²) in [5, 5.41) is 4.72. The standard InChI is InChI=1S/C23H25F3N2O4/c1-13(2)19(28-21(30)16-11-9-14(3)10-12-16)22(31)32-15(4)20(29)27-18-8-6-5-7-17(18)23(24,25)26/h5-13,15,19H,1-4H3,(H,27,29)(H,28,30)/t15?,19-/m0/s1. The molecule has 0 fully saturated rings. The van der Waals surface area contributed by atoms with Crippen molar-refractivity contribution in [2.75, 3.05) is 5.32 Å². The minimum atomic E-state index is -4.66. The van der Waals surface area contributed by atoms with Crippen molar-refractivity contribution in [2.24, 2.45) is 5.92 Å². The zero-order valence-corrected chi connectivity index (χ0v) is 18.1. The van der Waals surface area contributed by atoms with Crippen LogP contribution in [0.3, 0.4) is 0 Å². The predicted molar refractivity (Wildman–Crippen MR) is 113 cm³/mol. The first-order valence-electron chi connectivity index (χ1n) is 9.95. The van der Waals surface area contributed by atoms with Gasteiger partial charge in [-0.2, -0.15) is 13.2 Å². The molecule has 2 atom stereocenters. The Morgan fingerprint density at radius 3 is 2.09 bits per heavy atom. The Morgan fingerprint density at radius 1 is 0.938 bits per heavy atom. The summed E-state index contributed by atoms with van der Waals surface area (Å²) < 4.78 is 44.5. The van der Waals surface area contributed by atoms with Crippen LogP contribution in [-0.2, 0) is 20.5 Å². The number of carbonyl (C=O) groups excluding carboxylic acids is 3. The number of anilines is 1. The molecular formula is C23H25F3N2O4. The maximum atomic E-state index is 13.1. The quantitative estimate of drug-likeness (QED) is 0.615.